The van der Waals surface area contributed by atoms with Gasteiger partial charge in [0.15, 0.2) is 0 Å². The summed E-state index contributed by atoms with van der Waals surface area (Å²) in [5, 5.41) is 0. The normalized spacial score (nSPS) is 15.2. The van der Waals surface area contributed by atoms with Crippen molar-refractivity contribution in [1.82, 2.24) is 0 Å². The van der Waals surface area contributed by atoms with Gasteiger partial charge in [-0.3, -0.25) is 0 Å². The van der Waals surface area contributed by atoms with Crippen molar-refractivity contribution in [1.29, 1.82) is 0 Å². The van der Waals surface area contributed by atoms with Crippen molar-refractivity contribution in [3.8, 4) is 0 Å². The molecular formula is C16H22. The van der Waals surface area contributed by atoms with Crippen molar-refractivity contribution in [2.24, 2.45) is 5.92 Å². The lowest BCUT2D eigenvalue weighted by molar-refractivity contribution is 0.821. The van der Waals surface area contributed by atoms with Gasteiger partial charge in [0.1, 0.15) is 0 Å². The van der Waals surface area contributed by atoms with Crippen LogP contribution in [-0.2, 0) is 6.42 Å². The molecule has 1 aromatic rings. The van der Waals surface area contributed by atoms with E-state index < -0.39 is 0 Å². The van der Waals surface area contributed by atoms with Gasteiger partial charge in [-0.05, 0) is 46.9 Å². The van der Waals surface area contributed by atoms with Crippen LogP contribution < -0.4 is 0 Å². The van der Waals surface area contributed by atoms with Crippen LogP contribution in [0.25, 0.3) is 5.57 Å². The summed E-state index contributed by atoms with van der Waals surface area (Å²) < 4.78 is 0. The Balaban J connectivity index is 2.43. The van der Waals surface area contributed by atoms with Crippen LogP contribution >= 0.6 is 0 Å². The number of rotatable bonds is 2. The number of fused-ring (bicyclic) bond motifs is 1. The molecular weight excluding hydrogens is 192 g/mol. The van der Waals surface area contributed by atoms with Crippen molar-refractivity contribution in [2.75, 3.05) is 0 Å². The van der Waals surface area contributed by atoms with Gasteiger partial charge in [0.05, 0.1) is 0 Å². The molecule has 0 spiro atoms. The Kier molecular flexibility index (Phi) is 3.18. The van der Waals surface area contributed by atoms with Gasteiger partial charge in [0.25, 0.3) is 0 Å². The SMILES string of the molecule is CC(C)C1=CCCc2cc(C(C)C)ccc21. The van der Waals surface area contributed by atoms with Gasteiger partial charge in [-0.25, -0.2) is 0 Å². The van der Waals surface area contributed by atoms with Crippen molar-refractivity contribution in [3.63, 3.8) is 0 Å². The van der Waals surface area contributed by atoms with Crippen LogP contribution in [0, 0.1) is 5.92 Å². The Hall–Kier alpha value is -1.04. The zero-order chi connectivity index (χ0) is 11.7. The molecule has 0 fully saturated rings. The summed E-state index contributed by atoms with van der Waals surface area (Å²) in [6.07, 6.45) is 4.84. The molecule has 0 radical (unpaired) electrons. The predicted molar refractivity (Wildman–Crippen MR) is 71.7 cm³/mol. The third kappa shape index (κ3) is 2.07. The first-order valence-corrected chi connectivity index (χ1v) is 6.43. The minimum Gasteiger partial charge on any atom is -0.0801 e. The van der Waals surface area contributed by atoms with E-state index in [9.17, 15) is 0 Å². The fraction of sp³-hybridized carbons (Fsp3) is 0.500. The highest BCUT2D eigenvalue weighted by Crippen LogP contribution is 2.33. The Morgan fingerprint density at radius 3 is 2.38 bits per heavy atom. The molecule has 0 bridgehead atoms. The third-order valence-electron chi connectivity index (χ3n) is 3.51. The summed E-state index contributed by atoms with van der Waals surface area (Å²) >= 11 is 0. The summed E-state index contributed by atoms with van der Waals surface area (Å²) in [6, 6.07) is 7.04. The lowest BCUT2D eigenvalue weighted by Gasteiger charge is -2.22. The van der Waals surface area contributed by atoms with Gasteiger partial charge >= 0.3 is 0 Å². The summed E-state index contributed by atoms with van der Waals surface area (Å²) in [4.78, 5) is 0. The maximum absolute atomic E-state index is 2.42. The molecule has 1 aromatic carbocycles. The lowest BCUT2D eigenvalue weighted by atomic mass is 9.83. The standard InChI is InChI=1S/C16H22/c1-11(2)13-8-9-16-14(10-13)6-5-7-15(16)12(3)4/h7-12H,5-6H2,1-4H3. The molecule has 0 saturated carbocycles. The van der Waals surface area contributed by atoms with Gasteiger partial charge in [-0.1, -0.05) is 52.0 Å². The molecule has 0 heterocycles. The molecule has 0 aliphatic heterocycles. The predicted octanol–water partition coefficient (Wildman–Crippen LogP) is 4.80. The summed E-state index contributed by atoms with van der Waals surface area (Å²) in [7, 11) is 0. The van der Waals surface area contributed by atoms with E-state index in [4.69, 9.17) is 0 Å². The van der Waals surface area contributed by atoms with Gasteiger partial charge in [-0.15, -0.1) is 0 Å². The number of allylic oxidation sites excluding steroid dienone is 2. The van der Waals surface area contributed by atoms with E-state index >= 15 is 0 Å². The molecule has 0 saturated heterocycles. The van der Waals surface area contributed by atoms with E-state index in [1.165, 1.54) is 29.5 Å². The van der Waals surface area contributed by atoms with Crippen LogP contribution in [-0.4, -0.2) is 0 Å². The van der Waals surface area contributed by atoms with E-state index in [-0.39, 0.29) is 0 Å². The smallest absolute Gasteiger partial charge is 0.0193 e. The van der Waals surface area contributed by atoms with Crippen LogP contribution in [0.4, 0.5) is 0 Å². The molecule has 86 valence electrons. The molecule has 0 heteroatoms. The van der Waals surface area contributed by atoms with Gasteiger partial charge in [-0.2, -0.15) is 0 Å². The highest BCUT2D eigenvalue weighted by Gasteiger charge is 2.15. The second-order valence-corrected chi connectivity index (χ2v) is 5.42. The van der Waals surface area contributed by atoms with E-state index in [0.29, 0.717) is 11.8 Å². The minimum absolute atomic E-state index is 0.638. The molecule has 0 amide bonds. The van der Waals surface area contributed by atoms with Crippen LogP contribution in [0.15, 0.2) is 24.3 Å². The Bertz CT molecular complexity index is 408. The molecule has 1 aliphatic rings. The fourth-order valence-electron chi connectivity index (χ4n) is 2.50. The Labute approximate surface area is 99.4 Å². The molecule has 16 heavy (non-hydrogen) atoms. The molecule has 0 nitrogen and oxygen atoms in total. The molecule has 0 atom stereocenters. The van der Waals surface area contributed by atoms with Crippen LogP contribution in [0.2, 0.25) is 0 Å². The first-order valence-electron chi connectivity index (χ1n) is 6.43. The van der Waals surface area contributed by atoms with E-state index in [2.05, 4.69) is 52.0 Å². The summed E-state index contributed by atoms with van der Waals surface area (Å²) in [5.74, 6) is 1.28. The maximum atomic E-state index is 2.42. The first-order chi connectivity index (χ1) is 7.59. The second-order valence-electron chi connectivity index (χ2n) is 5.42. The van der Waals surface area contributed by atoms with Crippen molar-refractivity contribution < 1.29 is 0 Å². The number of aryl methyl sites for hydroxylation is 1. The van der Waals surface area contributed by atoms with Crippen molar-refractivity contribution >= 4 is 5.57 Å². The monoisotopic (exact) mass is 214 g/mol. The average Bonchev–Trinajstić information content (AvgIpc) is 2.27. The Morgan fingerprint density at radius 2 is 1.75 bits per heavy atom. The van der Waals surface area contributed by atoms with Crippen LogP contribution in [0.1, 0.15) is 56.7 Å². The molecule has 1 aliphatic carbocycles. The summed E-state index contributed by atoms with van der Waals surface area (Å²) in [5.41, 5.74) is 6.06. The minimum atomic E-state index is 0.638. The average molecular weight is 214 g/mol. The van der Waals surface area contributed by atoms with E-state index in [1.807, 2.05) is 0 Å². The first kappa shape index (κ1) is 11.4. The lowest BCUT2D eigenvalue weighted by Crippen LogP contribution is -2.05. The maximum Gasteiger partial charge on any atom is -0.0193 e. The zero-order valence-corrected chi connectivity index (χ0v) is 10.9. The quantitative estimate of drug-likeness (QED) is 0.663. The van der Waals surface area contributed by atoms with Gasteiger partial charge in [0.2, 0.25) is 0 Å². The number of hydrogen-bond acceptors (Lipinski definition) is 0. The number of hydrogen-bond donors (Lipinski definition) is 0. The van der Waals surface area contributed by atoms with E-state index in [1.54, 1.807) is 5.56 Å². The van der Waals surface area contributed by atoms with Gasteiger partial charge < -0.3 is 0 Å². The second kappa shape index (κ2) is 4.45. The zero-order valence-electron chi connectivity index (χ0n) is 10.9. The highest BCUT2D eigenvalue weighted by molar-refractivity contribution is 5.71. The molecule has 0 N–H and O–H groups in total. The highest BCUT2D eigenvalue weighted by atomic mass is 14.2. The van der Waals surface area contributed by atoms with E-state index in [0.717, 1.165) is 0 Å². The third-order valence-corrected chi connectivity index (χ3v) is 3.51. The molecule has 0 unspecified atom stereocenters. The molecule has 0 aromatic heterocycles. The Morgan fingerprint density at radius 1 is 1.00 bits per heavy atom. The van der Waals surface area contributed by atoms with Crippen LogP contribution in [0.5, 0.6) is 0 Å². The van der Waals surface area contributed by atoms with Gasteiger partial charge in [0, 0.05) is 0 Å². The van der Waals surface area contributed by atoms with Crippen molar-refractivity contribution in [3.05, 3.63) is 41.0 Å². The molecule has 2 rings (SSSR count). The largest absolute Gasteiger partial charge is 0.0801 e. The topological polar surface area (TPSA) is 0 Å². The van der Waals surface area contributed by atoms with Crippen LogP contribution in [0.3, 0.4) is 0 Å². The number of benzene rings is 1. The summed E-state index contributed by atoms with van der Waals surface area (Å²) in [6.45, 7) is 9.11. The fourth-order valence-corrected chi connectivity index (χ4v) is 2.50. The van der Waals surface area contributed by atoms with Crippen molar-refractivity contribution in [2.45, 2.75) is 46.5 Å².